The molecule has 0 spiro atoms. The van der Waals surface area contributed by atoms with Crippen LogP contribution in [-0.2, 0) is 0 Å². The Bertz CT molecular complexity index is 710. The van der Waals surface area contributed by atoms with Gasteiger partial charge in [0.25, 0.3) is 5.71 Å². The van der Waals surface area contributed by atoms with Gasteiger partial charge in [0.1, 0.15) is 6.33 Å². The topological polar surface area (TPSA) is 63.8 Å². The van der Waals surface area contributed by atoms with Gasteiger partial charge in [-0.1, -0.05) is 22.0 Å². The summed E-state index contributed by atoms with van der Waals surface area (Å²) in [5, 5.41) is 3.20. The maximum atomic E-state index is 5.36. The van der Waals surface area contributed by atoms with Crippen molar-refractivity contribution < 1.29 is 4.42 Å². The van der Waals surface area contributed by atoms with Gasteiger partial charge in [-0.25, -0.2) is 9.97 Å². The number of rotatable bonds is 2. The molecule has 6 heteroatoms. The maximum Gasteiger partial charge on any atom is 0.252 e. The number of aromatic nitrogens is 3. The molecule has 5 nitrogen and oxygen atoms in total. The van der Waals surface area contributed by atoms with E-state index in [9.17, 15) is 0 Å². The molecule has 0 aliphatic heterocycles. The molecule has 90 valence electrons. The summed E-state index contributed by atoms with van der Waals surface area (Å²) >= 11 is 3.42. The summed E-state index contributed by atoms with van der Waals surface area (Å²) in [4.78, 5) is 12.5. The van der Waals surface area contributed by atoms with Gasteiger partial charge < -0.3 is 9.73 Å². The van der Waals surface area contributed by atoms with Gasteiger partial charge in [-0.15, -0.1) is 0 Å². The molecule has 1 N–H and O–H groups in total. The highest BCUT2D eigenvalue weighted by atomic mass is 79.9. The van der Waals surface area contributed by atoms with E-state index in [0.717, 1.165) is 10.2 Å². The summed E-state index contributed by atoms with van der Waals surface area (Å²) in [6.07, 6.45) is 1.45. The van der Waals surface area contributed by atoms with Crippen LogP contribution in [0.25, 0.3) is 11.2 Å². The van der Waals surface area contributed by atoms with E-state index < -0.39 is 0 Å². The Morgan fingerprint density at radius 2 is 2.17 bits per heavy atom. The van der Waals surface area contributed by atoms with Crippen molar-refractivity contribution in [2.24, 2.45) is 0 Å². The molecule has 0 fully saturated rings. The van der Waals surface area contributed by atoms with Gasteiger partial charge in [0.2, 0.25) is 0 Å². The number of halogens is 1. The van der Waals surface area contributed by atoms with Crippen molar-refractivity contribution in [3.05, 3.63) is 41.0 Å². The van der Waals surface area contributed by atoms with Crippen LogP contribution in [0, 0.1) is 6.92 Å². The summed E-state index contributed by atoms with van der Waals surface area (Å²) in [5.41, 5.74) is 2.04. The molecule has 2 aromatic heterocycles. The first-order valence-corrected chi connectivity index (χ1v) is 6.12. The van der Waals surface area contributed by atoms with E-state index in [1.165, 1.54) is 6.33 Å². The van der Waals surface area contributed by atoms with E-state index in [4.69, 9.17) is 4.42 Å². The molecule has 0 unspecified atom stereocenters. The highest BCUT2D eigenvalue weighted by Gasteiger charge is 2.10. The lowest BCUT2D eigenvalue weighted by Crippen LogP contribution is -1.95. The predicted octanol–water partition coefficient (Wildman–Crippen LogP) is 3.43. The number of anilines is 2. The molecule has 0 saturated heterocycles. The summed E-state index contributed by atoms with van der Waals surface area (Å²) < 4.78 is 6.35. The second kappa shape index (κ2) is 4.38. The number of aryl methyl sites for hydroxylation is 1. The van der Waals surface area contributed by atoms with E-state index in [-0.39, 0.29) is 0 Å². The lowest BCUT2D eigenvalue weighted by Gasteiger charge is -2.05. The highest BCUT2D eigenvalue weighted by molar-refractivity contribution is 9.10. The van der Waals surface area contributed by atoms with Gasteiger partial charge in [0.05, 0.1) is 0 Å². The van der Waals surface area contributed by atoms with Crippen molar-refractivity contribution in [3.63, 3.8) is 0 Å². The quantitative estimate of drug-likeness (QED) is 0.786. The third-order valence-corrected chi connectivity index (χ3v) is 2.88. The first-order valence-electron chi connectivity index (χ1n) is 5.33. The Morgan fingerprint density at radius 3 is 3.00 bits per heavy atom. The van der Waals surface area contributed by atoms with Crippen molar-refractivity contribution >= 4 is 38.7 Å². The fourth-order valence-corrected chi connectivity index (χ4v) is 2.05. The van der Waals surface area contributed by atoms with E-state index in [2.05, 4.69) is 36.2 Å². The van der Waals surface area contributed by atoms with Gasteiger partial charge in [-0.3, -0.25) is 0 Å². The Hall–Kier alpha value is -1.95. The van der Waals surface area contributed by atoms with E-state index in [0.29, 0.717) is 22.9 Å². The third kappa shape index (κ3) is 2.06. The molecule has 3 aromatic rings. The number of nitrogens with zero attached hydrogens (tertiary/aromatic N) is 3. The second-order valence-corrected chi connectivity index (χ2v) is 4.66. The minimum Gasteiger partial charge on any atom is -0.422 e. The van der Waals surface area contributed by atoms with Crippen LogP contribution in [0.5, 0.6) is 0 Å². The van der Waals surface area contributed by atoms with Crippen LogP contribution < -0.4 is 5.32 Å². The van der Waals surface area contributed by atoms with Crippen molar-refractivity contribution in [3.8, 4) is 0 Å². The molecule has 0 atom stereocenters. The number of fused-ring (bicyclic) bond motifs is 1. The molecule has 0 saturated carbocycles. The first-order chi connectivity index (χ1) is 8.72. The fourth-order valence-electron chi connectivity index (χ4n) is 1.65. The normalized spacial score (nSPS) is 10.8. The SMILES string of the molecule is Cc1nc2c(Nc3cccc(Br)c3)ncnc2o1. The number of hydrogen-bond acceptors (Lipinski definition) is 5. The molecule has 0 radical (unpaired) electrons. The maximum absolute atomic E-state index is 5.36. The van der Waals surface area contributed by atoms with E-state index in [1.54, 1.807) is 6.92 Å². The molecule has 0 aliphatic carbocycles. The Balaban J connectivity index is 2.04. The fraction of sp³-hybridized carbons (Fsp3) is 0.0833. The van der Waals surface area contributed by atoms with Crippen LogP contribution >= 0.6 is 15.9 Å². The van der Waals surface area contributed by atoms with Crippen LogP contribution in [-0.4, -0.2) is 15.0 Å². The van der Waals surface area contributed by atoms with Crippen LogP contribution in [0.3, 0.4) is 0 Å². The predicted molar refractivity (Wildman–Crippen MR) is 71.8 cm³/mol. The number of oxazole rings is 1. The molecule has 3 rings (SSSR count). The summed E-state index contributed by atoms with van der Waals surface area (Å²) in [6.45, 7) is 1.78. The number of nitrogens with one attached hydrogen (secondary N) is 1. The number of hydrogen-bond donors (Lipinski definition) is 1. The molecule has 0 amide bonds. The molecule has 2 heterocycles. The molecular formula is C12H9BrN4O. The van der Waals surface area contributed by atoms with Gasteiger partial charge in [0.15, 0.2) is 17.2 Å². The van der Waals surface area contributed by atoms with Crippen molar-refractivity contribution in [2.75, 3.05) is 5.32 Å². The van der Waals surface area contributed by atoms with Crippen LogP contribution in [0.15, 0.2) is 39.5 Å². The van der Waals surface area contributed by atoms with Crippen molar-refractivity contribution in [1.29, 1.82) is 0 Å². The summed E-state index contributed by atoms with van der Waals surface area (Å²) in [7, 11) is 0. The van der Waals surface area contributed by atoms with Crippen LogP contribution in [0.1, 0.15) is 5.89 Å². The molecule has 0 aliphatic rings. The minimum atomic E-state index is 0.486. The lowest BCUT2D eigenvalue weighted by atomic mass is 10.3. The van der Waals surface area contributed by atoms with Gasteiger partial charge in [-0.2, -0.15) is 4.98 Å². The lowest BCUT2D eigenvalue weighted by molar-refractivity contribution is 0.551. The largest absolute Gasteiger partial charge is 0.422 e. The zero-order chi connectivity index (χ0) is 12.5. The first kappa shape index (κ1) is 11.2. The van der Waals surface area contributed by atoms with Crippen molar-refractivity contribution in [1.82, 2.24) is 15.0 Å². The molecule has 0 bridgehead atoms. The summed E-state index contributed by atoms with van der Waals surface area (Å²) in [5.74, 6) is 1.21. The molecular weight excluding hydrogens is 296 g/mol. The Labute approximate surface area is 111 Å². The zero-order valence-electron chi connectivity index (χ0n) is 9.51. The van der Waals surface area contributed by atoms with Crippen LogP contribution in [0.2, 0.25) is 0 Å². The zero-order valence-corrected chi connectivity index (χ0v) is 11.1. The Morgan fingerprint density at radius 1 is 1.28 bits per heavy atom. The third-order valence-electron chi connectivity index (χ3n) is 2.39. The summed E-state index contributed by atoms with van der Waals surface area (Å²) in [6, 6.07) is 7.81. The van der Waals surface area contributed by atoms with Gasteiger partial charge >= 0.3 is 0 Å². The highest BCUT2D eigenvalue weighted by Crippen LogP contribution is 2.24. The average Bonchev–Trinajstić information content (AvgIpc) is 2.71. The van der Waals surface area contributed by atoms with Crippen LogP contribution in [0.4, 0.5) is 11.5 Å². The number of benzene rings is 1. The Kier molecular flexibility index (Phi) is 2.71. The van der Waals surface area contributed by atoms with Gasteiger partial charge in [0, 0.05) is 17.1 Å². The molecule has 1 aromatic carbocycles. The van der Waals surface area contributed by atoms with E-state index in [1.807, 2.05) is 24.3 Å². The second-order valence-electron chi connectivity index (χ2n) is 3.74. The average molecular weight is 305 g/mol. The smallest absolute Gasteiger partial charge is 0.252 e. The minimum absolute atomic E-state index is 0.486. The monoisotopic (exact) mass is 304 g/mol. The van der Waals surface area contributed by atoms with Gasteiger partial charge in [-0.05, 0) is 18.2 Å². The van der Waals surface area contributed by atoms with Crippen molar-refractivity contribution in [2.45, 2.75) is 6.92 Å². The standard InChI is InChI=1S/C12H9BrN4O/c1-7-16-10-11(14-6-15-12(10)18-7)17-9-4-2-3-8(13)5-9/h2-6H,1H3,(H,14,15,17). The molecule has 18 heavy (non-hydrogen) atoms. The van der Waals surface area contributed by atoms with E-state index >= 15 is 0 Å².